The quantitative estimate of drug-likeness (QED) is 0.292. The fourth-order valence-electron chi connectivity index (χ4n) is 5.35. The van der Waals surface area contributed by atoms with Crippen molar-refractivity contribution in [1.82, 2.24) is 19.0 Å². The number of methoxy groups -OCH3 is 1. The molecule has 1 aliphatic carbocycles. The number of ether oxygens (including phenoxy) is 1. The summed E-state index contributed by atoms with van der Waals surface area (Å²) < 4.78 is 12.7. The first-order chi connectivity index (χ1) is 16.5. The van der Waals surface area contributed by atoms with Crippen LogP contribution in [0.2, 0.25) is 0 Å². The monoisotopic (exact) mass is 540 g/mol. The van der Waals surface area contributed by atoms with Gasteiger partial charge in [0, 0.05) is 37.1 Å². The summed E-state index contributed by atoms with van der Waals surface area (Å²) >= 11 is 5.51. The van der Waals surface area contributed by atoms with Crippen LogP contribution in [0, 0.1) is 5.92 Å². The van der Waals surface area contributed by atoms with E-state index < -0.39 is 0 Å². The van der Waals surface area contributed by atoms with Crippen molar-refractivity contribution >= 4 is 54.4 Å². The molecule has 1 saturated carbocycles. The number of piperidine rings is 1. The lowest BCUT2D eigenvalue weighted by Gasteiger charge is -2.33. The SMILES string of the molecule is COc1cc(C(=O)N2CCCCC2C)cc2nc(-c3cc4scc(Br)c4n3CC3CC3)n(C)c12. The fraction of sp³-hybridized carbons (Fsp3) is 0.462. The maximum Gasteiger partial charge on any atom is 0.254 e. The summed E-state index contributed by atoms with van der Waals surface area (Å²) in [4.78, 5) is 20.5. The van der Waals surface area contributed by atoms with Gasteiger partial charge in [-0.25, -0.2) is 4.98 Å². The van der Waals surface area contributed by atoms with Gasteiger partial charge in [0.15, 0.2) is 5.82 Å². The number of aryl methyl sites for hydroxylation is 1. The number of imidazole rings is 1. The molecule has 4 heterocycles. The van der Waals surface area contributed by atoms with Crippen LogP contribution in [0.25, 0.3) is 32.8 Å². The van der Waals surface area contributed by atoms with Gasteiger partial charge >= 0.3 is 0 Å². The smallest absolute Gasteiger partial charge is 0.254 e. The Bertz CT molecular complexity index is 1410. The number of hydrogen-bond acceptors (Lipinski definition) is 4. The normalized spacial score (nSPS) is 18.8. The summed E-state index contributed by atoms with van der Waals surface area (Å²) in [7, 11) is 3.71. The van der Waals surface area contributed by atoms with Crippen LogP contribution in [0.4, 0.5) is 0 Å². The van der Waals surface area contributed by atoms with E-state index in [2.05, 4.69) is 43.4 Å². The second-order valence-corrected chi connectivity index (χ2v) is 11.5. The minimum absolute atomic E-state index is 0.0705. The Hall–Kier alpha value is -2.32. The van der Waals surface area contributed by atoms with Crippen molar-refractivity contribution in [3.8, 4) is 17.3 Å². The summed E-state index contributed by atoms with van der Waals surface area (Å²) in [6, 6.07) is 6.34. The molecular formula is C26H29BrN4O2S. The molecule has 178 valence electrons. The zero-order chi connectivity index (χ0) is 23.6. The van der Waals surface area contributed by atoms with Crippen LogP contribution in [0.15, 0.2) is 28.1 Å². The molecule has 1 amide bonds. The van der Waals surface area contributed by atoms with Crippen molar-refractivity contribution in [3.63, 3.8) is 0 Å². The van der Waals surface area contributed by atoms with Gasteiger partial charge in [0.05, 0.1) is 33.0 Å². The van der Waals surface area contributed by atoms with Gasteiger partial charge in [-0.15, -0.1) is 11.3 Å². The van der Waals surface area contributed by atoms with Gasteiger partial charge in [0.2, 0.25) is 0 Å². The maximum atomic E-state index is 13.4. The van der Waals surface area contributed by atoms with E-state index in [4.69, 9.17) is 9.72 Å². The Balaban J connectivity index is 1.49. The molecule has 3 aromatic heterocycles. The van der Waals surface area contributed by atoms with Gasteiger partial charge in [0.25, 0.3) is 5.91 Å². The molecule has 34 heavy (non-hydrogen) atoms. The topological polar surface area (TPSA) is 52.3 Å². The number of carbonyl (C=O) groups excluding carboxylic acids is 1. The van der Waals surface area contributed by atoms with Crippen LogP contribution in [0.1, 0.15) is 49.4 Å². The molecule has 1 aromatic carbocycles. The number of aromatic nitrogens is 3. The van der Waals surface area contributed by atoms with Crippen molar-refractivity contribution < 1.29 is 9.53 Å². The maximum absolute atomic E-state index is 13.4. The number of halogens is 1. The van der Waals surface area contributed by atoms with Gasteiger partial charge in [-0.1, -0.05) is 0 Å². The van der Waals surface area contributed by atoms with Gasteiger partial charge in [-0.05, 0) is 79.1 Å². The van der Waals surface area contributed by atoms with E-state index in [9.17, 15) is 4.79 Å². The summed E-state index contributed by atoms with van der Waals surface area (Å²) in [5.41, 5.74) is 4.74. The minimum atomic E-state index is 0.0705. The number of thiophene rings is 1. The standard InChI is InChI=1S/C26H29BrN4O2S/c1-15-6-4-5-9-30(15)26(32)17-10-19-24(21(11-17)33-3)29(2)25(28-19)20-12-22-23(18(27)14-34-22)31(20)13-16-7-8-16/h10-12,14-16H,4-9,13H2,1-3H3. The molecule has 6 rings (SSSR count). The third-order valence-corrected chi connectivity index (χ3v) is 9.24. The Kier molecular flexibility index (Phi) is 5.48. The van der Waals surface area contributed by atoms with Crippen molar-refractivity contribution in [1.29, 1.82) is 0 Å². The number of rotatable bonds is 5. The molecule has 2 fully saturated rings. The highest BCUT2D eigenvalue weighted by Crippen LogP contribution is 2.41. The van der Waals surface area contributed by atoms with Crippen molar-refractivity contribution in [2.45, 2.75) is 51.6 Å². The zero-order valence-electron chi connectivity index (χ0n) is 19.8. The molecule has 4 aromatic rings. The number of benzene rings is 1. The van der Waals surface area contributed by atoms with E-state index in [0.29, 0.717) is 11.3 Å². The lowest BCUT2D eigenvalue weighted by Crippen LogP contribution is -2.42. The largest absolute Gasteiger partial charge is 0.494 e. The van der Waals surface area contributed by atoms with Crippen molar-refractivity contribution in [3.05, 3.63) is 33.6 Å². The molecule has 2 aliphatic rings. The number of amides is 1. The Morgan fingerprint density at radius 1 is 1.21 bits per heavy atom. The van der Waals surface area contributed by atoms with E-state index in [1.165, 1.54) is 29.5 Å². The molecular weight excluding hydrogens is 512 g/mol. The summed E-state index contributed by atoms with van der Waals surface area (Å²) in [6.07, 6.45) is 5.89. The highest BCUT2D eigenvalue weighted by atomic mass is 79.9. The Morgan fingerprint density at radius 2 is 2.03 bits per heavy atom. The first kappa shape index (κ1) is 22.2. The predicted molar refractivity (Wildman–Crippen MR) is 141 cm³/mol. The van der Waals surface area contributed by atoms with Crippen molar-refractivity contribution in [2.75, 3.05) is 13.7 Å². The lowest BCUT2D eigenvalue weighted by atomic mass is 10.0. The first-order valence-electron chi connectivity index (χ1n) is 12.1. The van der Waals surface area contributed by atoms with E-state index in [-0.39, 0.29) is 11.9 Å². The lowest BCUT2D eigenvalue weighted by molar-refractivity contribution is 0.0635. The Labute approximate surface area is 211 Å². The van der Waals surface area contributed by atoms with E-state index in [0.717, 1.165) is 58.9 Å². The third-order valence-electron chi connectivity index (χ3n) is 7.41. The van der Waals surface area contributed by atoms with Gasteiger partial charge in [0.1, 0.15) is 11.3 Å². The highest BCUT2D eigenvalue weighted by molar-refractivity contribution is 9.10. The number of likely N-dealkylation sites (tertiary alicyclic amines) is 1. The average Bonchev–Trinajstić information content (AvgIpc) is 3.36. The highest BCUT2D eigenvalue weighted by Gasteiger charge is 2.29. The molecule has 1 atom stereocenters. The molecule has 8 heteroatoms. The van der Waals surface area contributed by atoms with Crippen LogP contribution in [-0.2, 0) is 13.6 Å². The predicted octanol–water partition coefficient (Wildman–Crippen LogP) is 6.45. The summed E-state index contributed by atoms with van der Waals surface area (Å²) in [6.45, 7) is 3.96. The summed E-state index contributed by atoms with van der Waals surface area (Å²) in [5, 5.41) is 2.16. The molecule has 0 bridgehead atoms. The molecule has 0 spiro atoms. The van der Waals surface area contributed by atoms with Crippen LogP contribution in [0.5, 0.6) is 5.75 Å². The average molecular weight is 542 g/mol. The second-order valence-electron chi connectivity index (χ2n) is 9.76. The van der Waals surface area contributed by atoms with Crippen molar-refractivity contribution in [2.24, 2.45) is 13.0 Å². The van der Waals surface area contributed by atoms with Gasteiger partial charge < -0.3 is 18.8 Å². The molecule has 0 N–H and O–H groups in total. The van der Waals surface area contributed by atoms with Crippen LogP contribution in [0.3, 0.4) is 0 Å². The third kappa shape index (κ3) is 3.57. The fourth-order valence-corrected chi connectivity index (χ4v) is 7.04. The molecule has 1 unspecified atom stereocenters. The Morgan fingerprint density at radius 3 is 2.76 bits per heavy atom. The first-order valence-corrected chi connectivity index (χ1v) is 13.8. The number of nitrogens with zero attached hydrogens (tertiary/aromatic N) is 4. The van der Waals surface area contributed by atoms with E-state index in [1.54, 1.807) is 18.4 Å². The zero-order valence-corrected chi connectivity index (χ0v) is 22.2. The van der Waals surface area contributed by atoms with Gasteiger partial charge in [-0.2, -0.15) is 0 Å². The summed E-state index contributed by atoms with van der Waals surface area (Å²) in [5.74, 6) is 2.40. The van der Waals surface area contributed by atoms with E-state index in [1.807, 2.05) is 24.1 Å². The second kappa shape index (κ2) is 8.41. The number of carbonyl (C=O) groups is 1. The number of fused-ring (bicyclic) bond motifs is 2. The number of hydrogen-bond donors (Lipinski definition) is 0. The van der Waals surface area contributed by atoms with Crippen LogP contribution in [-0.4, -0.2) is 44.6 Å². The van der Waals surface area contributed by atoms with Crippen LogP contribution >= 0.6 is 27.3 Å². The minimum Gasteiger partial charge on any atom is -0.494 e. The van der Waals surface area contributed by atoms with E-state index >= 15 is 0 Å². The van der Waals surface area contributed by atoms with Gasteiger partial charge in [-0.3, -0.25) is 4.79 Å². The molecule has 1 aliphatic heterocycles. The van der Waals surface area contributed by atoms with Crippen LogP contribution < -0.4 is 4.74 Å². The molecule has 1 saturated heterocycles. The molecule has 6 nitrogen and oxygen atoms in total. The molecule has 0 radical (unpaired) electrons.